The lowest BCUT2D eigenvalue weighted by molar-refractivity contribution is 1.05. The maximum absolute atomic E-state index is 2.33. The van der Waals surface area contributed by atoms with Gasteiger partial charge in [0.25, 0.3) is 0 Å². The Bertz CT molecular complexity index is 707. The van der Waals surface area contributed by atoms with Crippen LogP contribution in [0.2, 0.25) is 0 Å². The van der Waals surface area contributed by atoms with Crippen LogP contribution < -0.4 is 5.46 Å². The van der Waals surface area contributed by atoms with Crippen LogP contribution in [0, 0.1) is 0 Å². The molecule has 0 saturated heterocycles. The van der Waals surface area contributed by atoms with E-state index in [4.69, 9.17) is 0 Å². The second-order valence-corrected chi connectivity index (χ2v) is 5.15. The molecule has 89 valence electrons. The molecule has 0 spiro atoms. The molecule has 0 amide bonds. The van der Waals surface area contributed by atoms with Crippen LogP contribution in [0.4, 0.5) is 0 Å². The zero-order chi connectivity index (χ0) is 12.7. The van der Waals surface area contributed by atoms with Gasteiger partial charge in [-0.15, -0.1) is 0 Å². The Balaban J connectivity index is 2.06. The van der Waals surface area contributed by atoms with E-state index in [1.54, 1.807) is 0 Å². The van der Waals surface area contributed by atoms with Gasteiger partial charge in [-0.25, -0.2) is 0 Å². The SMILES string of the molecule is [B]1C2=C(CCC=C2)c2ccccc2-c2ccccc21. The summed E-state index contributed by atoms with van der Waals surface area (Å²) in [7, 11) is 2.33. The maximum Gasteiger partial charge on any atom is 0.192 e. The Kier molecular flexibility index (Phi) is 2.44. The predicted octanol–water partition coefficient (Wildman–Crippen LogP) is 3.76. The Hall–Kier alpha value is -2.02. The van der Waals surface area contributed by atoms with Gasteiger partial charge in [-0.1, -0.05) is 71.6 Å². The molecule has 19 heavy (non-hydrogen) atoms. The third-order valence-corrected chi connectivity index (χ3v) is 4.02. The topological polar surface area (TPSA) is 0 Å². The third-order valence-electron chi connectivity index (χ3n) is 4.02. The summed E-state index contributed by atoms with van der Waals surface area (Å²) in [5.74, 6) is 0. The van der Waals surface area contributed by atoms with Crippen LogP contribution in [0.25, 0.3) is 16.7 Å². The molecule has 0 atom stereocenters. The second-order valence-electron chi connectivity index (χ2n) is 5.15. The molecule has 1 radical (unpaired) electrons. The summed E-state index contributed by atoms with van der Waals surface area (Å²) in [6.07, 6.45) is 6.86. The highest BCUT2D eigenvalue weighted by atomic mass is 14.2. The first-order valence-electron chi connectivity index (χ1n) is 6.87. The lowest BCUT2D eigenvalue weighted by Gasteiger charge is -2.16. The molecule has 1 heteroatoms. The second kappa shape index (κ2) is 4.27. The zero-order valence-electron chi connectivity index (χ0n) is 10.8. The fourth-order valence-electron chi connectivity index (χ4n) is 3.13. The number of rotatable bonds is 0. The monoisotopic (exact) mass is 241 g/mol. The van der Waals surface area contributed by atoms with E-state index in [1.165, 1.54) is 33.2 Å². The van der Waals surface area contributed by atoms with Gasteiger partial charge in [0.05, 0.1) is 0 Å². The van der Waals surface area contributed by atoms with Crippen molar-refractivity contribution in [2.45, 2.75) is 12.8 Å². The van der Waals surface area contributed by atoms with Crippen LogP contribution >= 0.6 is 0 Å². The minimum absolute atomic E-state index is 1.15. The van der Waals surface area contributed by atoms with Crippen LogP contribution in [0.1, 0.15) is 18.4 Å². The highest BCUT2D eigenvalue weighted by Gasteiger charge is 2.21. The molecular formula is C18H14B. The predicted molar refractivity (Wildman–Crippen MR) is 82.6 cm³/mol. The van der Waals surface area contributed by atoms with Crippen LogP contribution in [0.5, 0.6) is 0 Å². The minimum Gasteiger partial charge on any atom is -0.0847 e. The zero-order valence-corrected chi connectivity index (χ0v) is 10.8. The van der Waals surface area contributed by atoms with Gasteiger partial charge in [-0.05, 0) is 35.1 Å². The number of hydrogen-bond donors (Lipinski definition) is 0. The molecule has 2 aliphatic rings. The normalized spacial score (nSPS) is 16.0. The van der Waals surface area contributed by atoms with E-state index in [-0.39, 0.29) is 0 Å². The van der Waals surface area contributed by atoms with Crippen molar-refractivity contribution in [2.75, 3.05) is 0 Å². The molecule has 0 nitrogen and oxygen atoms in total. The third kappa shape index (κ3) is 1.69. The van der Waals surface area contributed by atoms with E-state index >= 15 is 0 Å². The summed E-state index contributed by atoms with van der Waals surface area (Å²) >= 11 is 0. The highest BCUT2D eigenvalue weighted by molar-refractivity contribution is 6.65. The van der Waals surface area contributed by atoms with Gasteiger partial charge >= 0.3 is 0 Å². The first kappa shape index (κ1) is 10.9. The summed E-state index contributed by atoms with van der Waals surface area (Å²) in [6, 6.07) is 17.5. The van der Waals surface area contributed by atoms with Gasteiger partial charge in [0, 0.05) is 0 Å². The van der Waals surface area contributed by atoms with Gasteiger partial charge in [0.15, 0.2) is 7.28 Å². The molecule has 0 aromatic heterocycles. The number of benzene rings is 2. The van der Waals surface area contributed by atoms with Crippen LogP contribution in [0.3, 0.4) is 0 Å². The van der Waals surface area contributed by atoms with Crippen LogP contribution in [-0.2, 0) is 0 Å². The van der Waals surface area contributed by atoms with Gasteiger partial charge in [-0.2, -0.15) is 0 Å². The first-order chi connectivity index (χ1) is 9.43. The molecule has 0 N–H and O–H groups in total. The van der Waals surface area contributed by atoms with E-state index in [2.05, 4.69) is 68.0 Å². The molecular weight excluding hydrogens is 227 g/mol. The Morgan fingerprint density at radius 3 is 2.42 bits per heavy atom. The summed E-state index contributed by atoms with van der Waals surface area (Å²) in [5.41, 5.74) is 8.32. The highest BCUT2D eigenvalue weighted by Crippen LogP contribution is 2.36. The Labute approximate surface area is 114 Å². The number of allylic oxidation sites excluding steroid dienone is 4. The summed E-state index contributed by atoms with van der Waals surface area (Å²) in [5, 5.41) is 0. The largest absolute Gasteiger partial charge is 0.192 e. The maximum atomic E-state index is 2.33. The molecule has 1 heterocycles. The van der Waals surface area contributed by atoms with Gasteiger partial charge in [-0.3, -0.25) is 0 Å². The minimum atomic E-state index is 1.15. The van der Waals surface area contributed by atoms with Gasteiger partial charge < -0.3 is 0 Å². The number of fused-ring (bicyclic) bond motifs is 4. The average Bonchev–Trinajstić information content (AvgIpc) is 2.62. The molecule has 2 aromatic rings. The molecule has 0 saturated carbocycles. The van der Waals surface area contributed by atoms with Crippen molar-refractivity contribution in [3.05, 3.63) is 71.7 Å². The molecule has 0 fully saturated rings. The lowest BCUT2D eigenvalue weighted by atomic mass is 9.60. The lowest BCUT2D eigenvalue weighted by Crippen LogP contribution is -2.17. The summed E-state index contributed by atoms with van der Waals surface area (Å²) in [4.78, 5) is 0. The standard InChI is InChI=1S/C18H14B/c1-2-8-14-13(7-1)15-9-3-5-11-17(15)19-18-12-6-4-10-16(14)18/h1-3,5-9,11-12H,4,10H2. The molecule has 0 unspecified atom stereocenters. The summed E-state index contributed by atoms with van der Waals surface area (Å²) < 4.78 is 0. The molecule has 0 bridgehead atoms. The quantitative estimate of drug-likeness (QED) is 0.616. The van der Waals surface area contributed by atoms with E-state index < -0.39 is 0 Å². The molecule has 2 aromatic carbocycles. The van der Waals surface area contributed by atoms with Crippen molar-refractivity contribution in [2.24, 2.45) is 0 Å². The fourth-order valence-corrected chi connectivity index (χ4v) is 3.13. The van der Waals surface area contributed by atoms with Gasteiger partial charge in [0.2, 0.25) is 0 Å². The first-order valence-corrected chi connectivity index (χ1v) is 6.87. The van der Waals surface area contributed by atoms with E-state index in [9.17, 15) is 0 Å². The summed E-state index contributed by atoms with van der Waals surface area (Å²) in [6.45, 7) is 0. The van der Waals surface area contributed by atoms with Crippen molar-refractivity contribution in [1.82, 2.24) is 0 Å². The molecule has 1 aliphatic carbocycles. The average molecular weight is 241 g/mol. The van der Waals surface area contributed by atoms with Gasteiger partial charge in [0.1, 0.15) is 0 Å². The Morgan fingerprint density at radius 1 is 0.789 bits per heavy atom. The molecule has 1 aliphatic heterocycles. The number of hydrogen-bond acceptors (Lipinski definition) is 0. The van der Waals surface area contributed by atoms with Crippen LogP contribution in [-0.4, -0.2) is 7.28 Å². The van der Waals surface area contributed by atoms with Crippen molar-refractivity contribution >= 4 is 18.3 Å². The van der Waals surface area contributed by atoms with Crippen molar-refractivity contribution in [1.29, 1.82) is 0 Å². The van der Waals surface area contributed by atoms with Crippen molar-refractivity contribution in [3.63, 3.8) is 0 Å². The van der Waals surface area contributed by atoms with E-state index in [1.807, 2.05) is 0 Å². The molecule has 4 rings (SSSR count). The van der Waals surface area contributed by atoms with Crippen LogP contribution in [0.15, 0.2) is 66.2 Å². The van der Waals surface area contributed by atoms with Crippen molar-refractivity contribution < 1.29 is 0 Å². The fraction of sp³-hybridized carbons (Fsp3) is 0.111. The smallest absolute Gasteiger partial charge is 0.0847 e. The van der Waals surface area contributed by atoms with Crippen molar-refractivity contribution in [3.8, 4) is 11.1 Å². The van der Waals surface area contributed by atoms with E-state index in [0.29, 0.717) is 0 Å². The van der Waals surface area contributed by atoms with E-state index in [0.717, 1.165) is 12.8 Å². The Morgan fingerprint density at radius 2 is 1.53 bits per heavy atom.